The first-order valence-electron chi connectivity index (χ1n) is 7.92. The van der Waals surface area contributed by atoms with Crippen LogP contribution in [0.2, 0.25) is 0 Å². The molecular formula is C17H20F2N2O5S. The molecule has 2 N–H and O–H groups in total. The van der Waals surface area contributed by atoms with Crippen molar-refractivity contribution in [3.05, 3.63) is 36.0 Å². The summed E-state index contributed by atoms with van der Waals surface area (Å²) in [6, 6.07) is 3.74. The zero-order chi connectivity index (χ0) is 20.0. The molecule has 10 heteroatoms. The number of ether oxygens (including phenoxy) is 4. The summed E-state index contributed by atoms with van der Waals surface area (Å²) in [7, 11) is 2.82. The van der Waals surface area contributed by atoms with E-state index >= 15 is 0 Å². The van der Waals surface area contributed by atoms with E-state index in [9.17, 15) is 13.6 Å². The van der Waals surface area contributed by atoms with Crippen LogP contribution in [0.3, 0.4) is 0 Å². The highest BCUT2D eigenvalue weighted by Crippen LogP contribution is 2.36. The second-order valence-corrected chi connectivity index (χ2v) is 5.94. The van der Waals surface area contributed by atoms with Crippen molar-refractivity contribution in [1.82, 2.24) is 10.6 Å². The van der Waals surface area contributed by atoms with E-state index in [1.165, 1.54) is 32.4 Å². The fourth-order valence-electron chi connectivity index (χ4n) is 2.63. The molecular weight excluding hydrogens is 382 g/mol. The number of methoxy groups -OCH3 is 2. The maximum Gasteiger partial charge on any atom is 0.387 e. The van der Waals surface area contributed by atoms with E-state index in [0.717, 1.165) is 0 Å². The first kappa shape index (κ1) is 20.8. The molecule has 7 nitrogen and oxygen atoms in total. The molecule has 1 aliphatic rings. The number of hydrogen-bond acceptors (Lipinski definition) is 6. The van der Waals surface area contributed by atoms with Crippen LogP contribution < -0.4 is 20.1 Å². The molecule has 1 aromatic rings. The number of alkyl halides is 2. The maximum absolute atomic E-state index is 12.5. The minimum Gasteiger partial charge on any atom is -0.493 e. The van der Waals surface area contributed by atoms with Gasteiger partial charge in [0.05, 0.1) is 19.8 Å². The molecule has 0 amide bonds. The minimum atomic E-state index is -2.99. The monoisotopic (exact) mass is 402 g/mol. The standard InChI is InChI=1S/C17H20F2N2O5S/c1-9-13(15(22)25-7-6-23-2)14(21-17(27)20-9)10-4-5-11(26-16(18)19)12(8-10)24-3/h4-5,8,13-14,16H,1,6-7H2,2-3H3,(H2,20,21,27)/t13-,14-/m1/s1. The van der Waals surface area contributed by atoms with Crippen molar-refractivity contribution in [2.45, 2.75) is 12.7 Å². The Bertz CT molecular complexity index is 717. The van der Waals surface area contributed by atoms with Gasteiger partial charge in [-0.05, 0) is 29.9 Å². The number of esters is 1. The van der Waals surface area contributed by atoms with Crippen LogP contribution >= 0.6 is 12.2 Å². The molecule has 1 aromatic carbocycles. The number of rotatable bonds is 8. The van der Waals surface area contributed by atoms with Crippen LogP contribution in [0, 0.1) is 5.92 Å². The lowest BCUT2D eigenvalue weighted by Gasteiger charge is -2.35. The summed E-state index contributed by atoms with van der Waals surface area (Å²) in [5.74, 6) is -1.36. The number of carbonyl (C=O) groups is 1. The lowest BCUT2D eigenvalue weighted by Crippen LogP contribution is -2.51. The summed E-state index contributed by atoms with van der Waals surface area (Å²) in [4.78, 5) is 12.5. The van der Waals surface area contributed by atoms with Crippen molar-refractivity contribution in [1.29, 1.82) is 0 Å². The molecule has 27 heavy (non-hydrogen) atoms. The summed E-state index contributed by atoms with van der Waals surface area (Å²) in [5, 5.41) is 6.06. The first-order valence-corrected chi connectivity index (χ1v) is 8.32. The van der Waals surface area contributed by atoms with Gasteiger partial charge in [-0.1, -0.05) is 12.6 Å². The number of halogens is 2. The summed E-state index contributed by atoms with van der Waals surface area (Å²) < 4.78 is 44.6. The van der Waals surface area contributed by atoms with Crippen LogP contribution in [0.25, 0.3) is 0 Å². The average Bonchev–Trinajstić information content (AvgIpc) is 2.61. The third kappa shape index (κ3) is 5.27. The summed E-state index contributed by atoms with van der Waals surface area (Å²) >= 11 is 5.14. The summed E-state index contributed by atoms with van der Waals surface area (Å²) in [6.45, 7) is 1.19. The van der Waals surface area contributed by atoms with Crippen LogP contribution in [-0.4, -0.2) is 45.1 Å². The van der Waals surface area contributed by atoms with E-state index in [-0.39, 0.29) is 29.8 Å². The summed E-state index contributed by atoms with van der Waals surface area (Å²) in [6.07, 6.45) is 0. The van der Waals surface area contributed by atoms with Gasteiger partial charge < -0.3 is 29.6 Å². The molecule has 0 radical (unpaired) electrons. The first-order chi connectivity index (χ1) is 12.9. The van der Waals surface area contributed by atoms with E-state index in [2.05, 4.69) is 21.9 Å². The van der Waals surface area contributed by atoms with Crippen molar-refractivity contribution in [3.8, 4) is 11.5 Å². The SMILES string of the molecule is C=C1NC(=S)N[C@H](c2ccc(OC(F)F)c(OC)c2)[C@@H]1C(=O)OCCOC. The van der Waals surface area contributed by atoms with Crippen molar-refractivity contribution in [2.24, 2.45) is 5.92 Å². The van der Waals surface area contributed by atoms with Crippen LogP contribution in [0.1, 0.15) is 11.6 Å². The van der Waals surface area contributed by atoms with E-state index < -0.39 is 24.5 Å². The van der Waals surface area contributed by atoms with E-state index in [1.54, 1.807) is 0 Å². The number of hydrogen-bond donors (Lipinski definition) is 2. The van der Waals surface area contributed by atoms with Crippen molar-refractivity contribution in [2.75, 3.05) is 27.4 Å². The second-order valence-electron chi connectivity index (χ2n) is 5.53. The largest absolute Gasteiger partial charge is 0.493 e. The van der Waals surface area contributed by atoms with E-state index in [4.69, 9.17) is 26.4 Å². The predicted molar refractivity (Wildman–Crippen MR) is 96.7 cm³/mol. The highest BCUT2D eigenvalue weighted by molar-refractivity contribution is 7.80. The Morgan fingerprint density at radius 2 is 2.04 bits per heavy atom. The van der Waals surface area contributed by atoms with Crippen LogP contribution in [-0.2, 0) is 14.3 Å². The Morgan fingerprint density at radius 3 is 2.67 bits per heavy atom. The Kier molecular flexibility index (Phi) is 7.31. The van der Waals surface area contributed by atoms with Crippen molar-refractivity contribution < 1.29 is 32.5 Å². The predicted octanol–water partition coefficient (Wildman–Crippen LogP) is 2.13. The number of benzene rings is 1. The van der Waals surface area contributed by atoms with Gasteiger partial charge in [-0.2, -0.15) is 8.78 Å². The topological polar surface area (TPSA) is 78.0 Å². The minimum absolute atomic E-state index is 0.0841. The molecule has 0 aromatic heterocycles. The highest BCUT2D eigenvalue weighted by Gasteiger charge is 2.38. The molecule has 0 aliphatic carbocycles. The van der Waals surface area contributed by atoms with Gasteiger partial charge in [-0.25, -0.2) is 0 Å². The zero-order valence-electron chi connectivity index (χ0n) is 14.8. The third-order valence-corrected chi connectivity index (χ3v) is 4.04. The Balaban J connectivity index is 2.31. The number of nitrogens with one attached hydrogen (secondary N) is 2. The van der Waals surface area contributed by atoms with Gasteiger partial charge in [0, 0.05) is 12.8 Å². The molecule has 0 bridgehead atoms. The third-order valence-electron chi connectivity index (χ3n) is 3.82. The highest BCUT2D eigenvalue weighted by atomic mass is 32.1. The van der Waals surface area contributed by atoms with Gasteiger partial charge in [0.1, 0.15) is 12.5 Å². The zero-order valence-corrected chi connectivity index (χ0v) is 15.6. The van der Waals surface area contributed by atoms with Gasteiger partial charge in [0.15, 0.2) is 16.6 Å². The number of carbonyl (C=O) groups excluding carboxylic acids is 1. The lowest BCUT2D eigenvalue weighted by molar-refractivity contribution is -0.149. The Morgan fingerprint density at radius 1 is 1.30 bits per heavy atom. The maximum atomic E-state index is 12.5. The quantitative estimate of drug-likeness (QED) is 0.389. The smallest absolute Gasteiger partial charge is 0.387 e. The van der Waals surface area contributed by atoms with Gasteiger partial charge >= 0.3 is 12.6 Å². The van der Waals surface area contributed by atoms with Crippen molar-refractivity contribution in [3.63, 3.8) is 0 Å². The van der Waals surface area contributed by atoms with Crippen LogP contribution in [0.15, 0.2) is 30.5 Å². The molecule has 2 atom stereocenters. The molecule has 1 aliphatic heterocycles. The van der Waals surface area contributed by atoms with Crippen LogP contribution in [0.4, 0.5) is 8.78 Å². The Labute approximate surface area is 160 Å². The average molecular weight is 402 g/mol. The van der Waals surface area contributed by atoms with Gasteiger partial charge in [-0.3, -0.25) is 4.79 Å². The molecule has 0 spiro atoms. The van der Waals surface area contributed by atoms with Crippen molar-refractivity contribution >= 4 is 23.3 Å². The second kappa shape index (κ2) is 9.47. The molecule has 1 heterocycles. The van der Waals surface area contributed by atoms with Gasteiger partial charge in [-0.15, -0.1) is 0 Å². The van der Waals surface area contributed by atoms with Crippen LogP contribution in [0.5, 0.6) is 11.5 Å². The molecule has 0 saturated carbocycles. The van der Waals surface area contributed by atoms with E-state index in [0.29, 0.717) is 11.3 Å². The Hall–Kier alpha value is -2.46. The molecule has 1 fully saturated rings. The molecule has 148 valence electrons. The number of thiocarbonyl (C=S) groups is 1. The summed E-state index contributed by atoms with van der Waals surface area (Å²) in [5.41, 5.74) is 0.921. The van der Waals surface area contributed by atoms with Gasteiger partial charge in [0.2, 0.25) is 0 Å². The lowest BCUT2D eigenvalue weighted by atomic mass is 9.89. The fraction of sp³-hybridized carbons (Fsp3) is 0.412. The molecule has 2 rings (SSSR count). The van der Waals surface area contributed by atoms with E-state index in [1.807, 2.05) is 0 Å². The fourth-order valence-corrected chi connectivity index (χ4v) is 2.88. The normalized spacial score (nSPS) is 19.3. The van der Waals surface area contributed by atoms with Gasteiger partial charge in [0.25, 0.3) is 0 Å². The molecule has 0 unspecified atom stereocenters. The molecule has 1 saturated heterocycles.